The van der Waals surface area contributed by atoms with Crippen molar-refractivity contribution < 1.29 is 4.79 Å². The molecule has 2 heteroatoms. The van der Waals surface area contributed by atoms with Crippen LogP contribution < -0.4 is 5.32 Å². The lowest BCUT2D eigenvalue weighted by Gasteiger charge is -2.28. The van der Waals surface area contributed by atoms with Crippen LogP contribution in [-0.2, 0) is 11.2 Å². The van der Waals surface area contributed by atoms with E-state index in [1.54, 1.807) is 0 Å². The van der Waals surface area contributed by atoms with E-state index in [9.17, 15) is 4.79 Å². The molecule has 92 valence electrons. The van der Waals surface area contributed by atoms with Gasteiger partial charge in [-0.25, -0.2) is 0 Å². The maximum Gasteiger partial charge on any atom is 0.232 e. The lowest BCUT2D eigenvalue weighted by atomic mass is 9.77. The first-order valence-electron chi connectivity index (χ1n) is 6.23. The second-order valence-corrected chi connectivity index (χ2v) is 4.67. The molecule has 0 fully saturated rings. The Morgan fingerprint density at radius 2 is 2.05 bits per heavy atom. The second kappa shape index (κ2) is 4.62. The van der Waals surface area contributed by atoms with E-state index in [4.69, 9.17) is 6.42 Å². The molecular formula is C17H13NO. The topological polar surface area (TPSA) is 29.1 Å². The van der Waals surface area contributed by atoms with E-state index in [2.05, 4.69) is 17.3 Å². The zero-order valence-corrected chi connectivity index (χ0v) is 10.4. The fraction of sp³-hybridized carbons (Fsp3) is 0.118. The van der Waals surface area contributed by atoms with Crippen LogP contribution in [0.1, 0.15) is 22.6 Å². The average molecular weight is 247 g/mol. The molecule has 2 aromatic rings. The number of terminal acetylenes is 1. The van der Waals surface area contributed by atoms with Gasteiger partial charge in [0.1, 0.15) is 0 Å². The first-order valence-corrected chi connectivity index (χ1v) is 6.23. The summed E-state index contributed by atoms with van der Waals surface area (Å²) in [4.78, 5) is 12.2. The van der Waals surface area contributed by atoms with Gasteiger partial charge >= 0.3 is 0 Å². The van der Waals surface area contributed by atoms with Gasteiger partial charge in [-0.15, -0.1) is 6.42 Å². The standard InChI is InChI=1S/C17H13NO/c1-2-12-6-5-8-14(10-12)18-17(19)16-11-13-7-3-4-9-15(13)16/h1,3-10,16H,11H2,(H,18,19). The normalized spacial score (nSPS) is 15.8. The van der Waals surface area contributed by atoms with E-state index in [-0.39, 0.29) is 11.8 Å². The Bertz CT molecular complexity index is 682. The van der Waals surface area contributed by atoms with Crippen LogP contribution in [0.5, 0.6) is 0 Å². The summed E-state index contributed by atoms with van der Waals surface area (Å²) in [6, 6.07) is 15.4. The fourth-order valence-electron chi connectivity index (χ4n) is 2.41. The highest BCUT2D eigenvalue weighted by molar-refractivity contribution is 5.97. The van der Waals surface area contributed by atoms with Crippen molar-refractivity contribution in [2.45, 2.75) is 12.3 Å². The monoisotopic (exact) mass is 247 g/mol. The predicted molar refractivity (Wildman–Crippen MR) is 75.9 cm³/mol. The number of benzene rings is 2. The molecular weight excluding hydrogens is 234 g/mol. The van der Waals surface area contributed by atoms with Gasteiger partial charge in [0.05, 0.1) is 5.92 Å². The molecule has 3 rings (SSSR count). The summed E-state index contributed by atoms with van der Waals surface area (Å²) in [6.45, 7) is 0. The summed E-state index contributed by atoms with van der Waals surface area (Å²) in [5.41, 5.74) is 3.92. The molecule has 1 aliphatic rings. The van der Waals surface area contributed by atoms with Crippen molar-refractivity contribution >= 4 is 11.6 Å². The first kappa shape index (κ1) is 11.6. The quantitative estimate of drug-likeness (QED) is 0.812. The van der Waals surface area contributed by atoms with Crippen molar-refractivity contribution in [1.29, 1.82) is 0 Å². The molecule has 0 heterocycles. The Hall–Kier alpha value is -2.53. The van der Waals surface area contributed by atoms with Crippen molar-refractivity contribution in [3.05, 3.63) is 65.2 Å². The van der Waals surface area contributed by atoms with Crippen molar-refractivity contribution in [1.82, 2.24) is 0 Å². The number of carbonyl (C=O) groups is 1. The molecule has 2 nitrogen and oxygen atoms in total. The van der Waals surface area contributed by atoms with Gasteiger partial charge in [-0.05, 0) is 35.7 Å². The van der Waals surface area contributed by atoms with Gasteiger partial charge in [0.15, 0.2) is 0 Å². The molecule has 2 aromatic carbocycles. The summed E-state index contributed by atoms with van der Waals surface area (Å²) in [7, 11) is 0. The number of rotatable bonds is 2. The minimum Gasteiger partial charge on any atom is -0.326 e. The summed E-state index contributed by atoms with van der Waals surface area (Å²) in [5, 5.41) is 2.92. The number of nitrogens with one attached hydrogen (secondary N) is 1. The molecule has 0 saturated heterocycles. The molecule has 0 bridgehead atoms. The fourth-order valence-corrected chi connectivity index (χ4v) is 2.41. The highest BCUT2D eigenvalue weighted by Gasteiger charge is 2.31. The molecule has 1 unspecified atom stereocenters. The maximum absolute atomic E-state index is 12.2. The molecule has 1 N–H and O–H groups in total. The molecule has 0 spiro atoms. The molecule has 0 aromatic heterocycles. The minimum absolute atomic E-state index is 0.0351. The number of fused-ring (bicyclic) bond motifs is 1. The van der Waals surface area contributed by atoms with Gasteiger partial charge in [-0.1, -0.05) is 36.3 Å². The summed E-state index contributed by atoms with van der Waals surface area (Å²) < 4.78 is 0. The lowest BCUT2D eigenvalue weighted by Crippen LogP contribution is -2.30. The Morgan fingerprint density at radius 1 is 1.21 bits per heavy atom. The molecule has 1 amide bonds. The van der Waals surface area contributed by atoms with Gasteiger partial charge in [-0.2, -0.15) is 0 Å². The van der Waals surface area contributed by atoms with Crippen molar-refractivity contribution in [3.8, 4) is 12.3 Å². The molecule has 0 aliphatic heterocycles. The van der Waals surface area contributed by atoms with Gasteiger partial charge in [0, 0.05) is 11.3 Å². The van der Waals surface area contributed by atoms with Crippen LogP contribution in [0.2, 0.25) is 0 Å². The molecule has 1 atom stereocenters. The summed E-state index contributed by atoms with van der Waals surface area (Å²) in [5.74, 6) is 2.56. The third kappa shape index (κ3) is 2.11. The third-order valence-corrected chi connectivity index (χ3v) is 3.47. The minimum atomic E-state index is -0.0364. The van der Waals surface area contributed by atoms with Crippen LogP contribution in [0.3, 0.4) is 0 Å². The molecule has 0 radical (unpaired) electrons. The largest absolute Gasteiger partial charge is 0.326 e. The van der Waals surface area contributed by atoms with Gasteiger partial charge < -0.3 is 5.32 Å². The van der Waals surface area contributed by atoms with E-state index >= 15 is 0 Å². The average Bonchev–Trinajstić information content (AvgIpc) is 2.40. The van der Waals surface area contributed by atoms with E-state index in [0.29, 0.717) is 0 Å². The smallest absolute Gasteiger partial charge is 0.232 e. The number of carbonyl (C=O) groups excluding carboxylic acids is 1. The Balaban J connectivity index is 1.75. The highest BCUT2D eigenvalue weighted by atomic mass is 16.1. The van der Waals surface area contributed by atoms with Crippen LogP contribution in [0, 0.1) is 12.3 Å². The van der Waals surface area contributed by atoms with E-state index < -0.39 is 0 Å². The van der Waals surface area contributed by atoms with E-state index in [0.717, 1.165) is 23.2 Å². The number of hydrogen-bond donors (Lipinski definition) is 1. The van der Waals surface area contributed by atoms with Crippen molar-refractivity contribution in [2.75, 3.05) is 5.32 Å². The molecule has 19 heavy (non-hydrogen) atoms. The van der Waals surface area contributed by atoms with Crippen LogP contribution in [0.15, 0.2) is 48.5 Å². The van der Waals surface area contributed by atoms with Crippen molar-refractivity contribution in [3.63, 3.8) is 0 Å². The SMILES string of the molecule is C#Cc1cccc(NC(=O)C2Cc3ccccc32)c1. The van der Waals surface area contributed by atoms with Gasteiger partial charge in [0.25, 0.3) is 0 Å². The van der Waals surface area contributed by atoms with Crippen molar-refractivity contribution in [2.24, 2.45) is 0 Å². The summed E-state index contributed by atoms with van der Waals surface area (Å²) in [6.07, 6.45) is 6.16. The zero-order valence-electron chi connectivity index (χ0n) is 10.4. The Kier molecular flexibility index (Phi) is 2.81. The first-order chi connectivity index (χ1) is 9.28. The Morgan fingerprint density at radius 3 is 2.84 bits per heavy atom. The van der Waals surface area contributed by atoms with E-state index in [1.165, 1.54) is 5.56 Å². The lowest BCUT2D eigenvalue weighted by molar-refractivity contribution is -0.118. The van der Waals surface area contributed by atoms with Gasteiger partial charge in [-0.3, -0.25) is 4.79 Å². The van der Waals surface area contributed by atoms with Crippen LogP contribution >= 0.6 is 0 Å². The zero-order chi connectivity index (χ0) is 13.2. The van der Waals surface area contributed by atoms with Crippen LogP contribution in [0.25, 0.3) is 0 Å². The number of hydrogen-bond acceptors (Lipinski definition) is 1. The van der Waals surface area contributed by atoms with Crippen LogP contribution in [-0.4, -0.2) is 5.91 Å². The van der Waals surface area contributed by atoms with E-state index in [1.807, 2.05) is 42.5 Å². The highest BCUT2D eigenvalue weighted by Crippen LogP contribution is 2.35. The third-order valence-electron chi connectivity index (χ3n) is 3.47. The maximum atomic E-state index is 12.2. The molecule has 0 saturated carbocycles. The summed E-state index contributed by atoms with van der Waals surface area (Å²) >= 11 is 0. The second-order valence-electron chi connectivity index (χ2n) is 4.67. The molecule has 1 aliphatic carbocycles. The number of anilines is 1. The Labute approximate surface area is 112 Å². The van der Waals surface area contributed by atoms with Gasteiger partial charge in [0.2, 0.25) is 5.91 Å². The van der Waals surface area contributed by atoms with Crippen LogP contribution in [0.4, 0.5) is 5.69 Å². The number of amides is 1. The predicted octanol–water partition coefficient (Wildman–Crippen LogP) is 2.95.